The van der Waals surface area contributed by atoms with Gasteiger partial charge in [-0.2, -0.15) is 13.2 Å². The van der Waals surface area contributed by atoms with Gasteiger partial charge in [-0.3, -0.25) is 9.78 Å². The van der Waals surface area contributed by atoms with Crippen molar-refractivity contribution in [2.45, 2.75) is 17.9 Å². The molecule has 1 aromatic rings. The van der Waals surface area contributed by atoms with Crippen molar-refractivity contribution in [1.82, 2.24) is 4.98 Å². The number of pyridine rings is 1. The van der Waals surface area contributed by atoms with E-state index in [1.54, 1.807) is 0 Å². The van der Waals surface area contributed by atoms with Gasteiger partial charge in [0.05, 0.1) is 16.8 Å². The van der Waals surface area contributed by atoms with Crippen LogP contribution >= 0.6 is 27.5 Å². The normalized spacial score (nSPS) is 12.0. The molecule has 0 aliphatic heterocycles. The minimum atomic E-state index is -5.05. The molecule has 0 radical (unpaired) electrons. The zero-order chi connectivity index (χ0) is 14.1. The van der Waals surface area contributed by atoms with Crippen LogP contribution in [0.25, 0.3) is 0 Å². The third-order valence-electron chi connectivity index (χ3n) is 2.04. The monoisotopic (exact) mass is 351 g/mol. The van der Waals surface area contributed by atoms with E-state index < -0.39 is 40.2 Å². The van der Waals surface area contributed by atoms with Crippen LogP contribution < -0.4 is 0 Å². The molecule has 0 fully saturated rings. The molecule has 0 aromatic carbocycles. The summed E-state index contributed by atoms with van der Waals surface area (Å²) >= 11 is 7.70. The highest BCUT2D eigenvalue weighted by atomic mass is 79.9. The molecule has 0 atom stereocenters. The van der Waals surface area contributed by atoms with Gasteiger partial charge in [-0.15, -0.1) is 0 Å². The Bertz CT molecular complexity index is 477. The molecule has 9 heteroatoms. The number of rotatable bonds is 3. The molecule has 0 bridgehead atoms. The summed E-state index contributed by atoms with van der Waals surface area (Å²) in [7, 11) is 0. The van der Waals surface area contributed by atoms with Gasteiger partial charge in [0, 0.05) is 17.1 Å². The molecule has 1 aromatic heterocycles. The van der Waals surface area contributed by atoms with Gasteiger partial charge in [0.2, 0.25) is 0 Å². The molecule has 0 unspecified atom stereocenters. The molecule has 0 aliphatic carbocycles. The third kappa shape index (κ3) is 2.97. The lowest BCUT2D eigenvalue weighted by atomic mass is 10.0. The van der Waals surface area contributed by atoms with Crippen LogP contribution in [0.3, 0.4) is 0 Å². The minimum absolute atomic E-state index is 0.377. The number of halogens is 7. The highest BCUT2D eigenvalue weighted by Gasteiger charge is 2.41. The SMILES string of the molecule is O=C(Cl)c1cnc(CBr)c(C(F)(F)F)c1C(F)F. The number of alkyl halides is 6. The number of carbonyl (C=O) groups is 1. The van der Waals surface area contributed by atoms with Gasteiger partial charge in [0.15, 0.2) is 0 Å². The van der Waals surface area contributed by atoms with E-state index in [9.17, 15) is 26.7 Å². The van der Waals surface area contributed by atoms with Crippen molar-refractivity contribution in [2.75, 3.05) is 0 Å². The Balaban J connectivity index is 3.71. The molecular formula is C9H4BrClF5NO. The van der Waals surface area contributed by atoms with Crippen molar-refractivity contribution in [3.8, 4) is 0 Å². The average molecular weight is 352 g/mol. The Hall–Kier alpha value is -0.760. The van der Waals surface area contributed by atoms with E-state index in [4.69, 9.17) is 11.6 Å². The molecular weight excluding hydrogens is 348 g/mol. The first kappa shape index (κ1) is 15.3. The molecule has 0 aliphatic rings. The van der Waals surface area contributed by atoms with Crippen LogP contribution in [0.4, 0.5) is 22.0 Å². The van der Waals surface area contributed by atoms with Crippen LogP contribution in [0.2, 0.25) is 0 Å². The summed E-state index contributed by atoms with van der Waals surface area (Å²) in [6.45, 7) is 0. The fourth-order valence-corrected chi connectivity index (χ4v) is 1.94. The van der Waals surface area contributed by atoms with Crippen LogP contribution in [-0.4, -0.2) is 10.2 Å². The first-order valence-corrected chi connectivity index (χ1v) is 5.83. The predicted molar refractivity (Wildman–Crippen MR) is 57.0 cm³/mol. The van der Waals surface area contributed by atoms with Gasteiger partial charge < -0.3 is 0 Å². The fourth-order valence-electron chi connectivity index (χ4n) is 1.37. The maximum absolute atomic E-state index is 12.8. The Morgan fingerprint density at radius 2 is 2.00 bits per heavy atom. The second kappa shape index (κ2) is 5.48. The molecule has 0 saturated carbocycles. The largest absolute Gasteiger partial charge is 0.418 e. The topological polar surface area (TPSA) is 30.0 Å². The second-order valence-corrected chi connectivity index (χ2v) is 4.02. The summed E-state index contributed by atoms with van der Waals surface area (Å²) in [6.07, 6.45) is -7.92. The first-order chi connectivity index (χ1) is 8.20. The molecule has 0 spiro atoms. The number of nitrogens with zero attached hydrogens (tertiary/aromatic N) is 1. The van der Waals surface area contributed by atoms with Crippen LogP contribution in [0, 0.1) is 0 Å². The van der Waals surface area contributed by atoms with E-state index >= 15 is 0 Å². The molecule has 2 nitrogen and oxygen atoms in total. The van der Waals surface area contributed by atoms with E-state index in [0.29, 0.717) is 6.20 Å². The Morgan fingerprint density at radius 1 is 1.44 bits per heavy atom. The molecule has 0 N–H and O–H groups in total. The average Bonchev–Trinajstić information content (AvgIpc) is 2.25. The van der Waals surface area contributed by atoms with Crippen molar-refractivity contribution in [2.24, 2.45) is 0 Å². The minimum Gasteiger partial charge on any atom is -0.276 e. The van der Waals surface area contributed by atoms with Crippen LogP contribution in [0.15, 0.2) is 6.20 Å². The lowest BCUT2D eigenvalue weighted by Crippen LogP contribution is -2.17. The van der Waals surface area contributed by atoms with Crippen molar-refractivity contribution >= 4 is 32.8 Å². The van der Waals surface area contributed by atoms with Crippen LogP contribution in [-0.2, 0) is 11.5 Å². The fraction of sp³-hybridized carbons (Fsp3) is 0.333. The molecule has 100 valence electrons. The van der Waals surface area contributed by atoms with Crippen molar-refractivity contribution < 1.29 is 26.7 Å². The van der Waals surface area contributed by atoms with E-state index in [0.717, 1.165) is 0 Å². The first-order valence-electron chi connectivity index (χ1n) is 4.33. The number of aromatic nitrogens is 1. The molecule has 1 rings (SSSR count). The molecule has 18 heavy (non-hydrogen) atoms. The van der Waals surface area contributed by atoms with E-state index in [1.807, 2.05) is 0 Å². The lowest BCUT2D eigenvalue weighted by Gasteiger charge is -2.17. The maximum atomic E-state index is 12.8. The predicted octanol–water partition coefficient (Wildman–Crippen LogP) is 4.31. The van der Waals surface area contributed by atoms with Crippen molar-refractivity contribution in [3.05, 3.63) is 28.6 Å². The van der Waals surface area contributed by atoms with E-state index in [2.05, 4.69) is 20.9 Å². The zero-order valence-electron chi connectivity index (χ0n) is 8.36. The number of carbonyl (C=O) groups excluding carboxylic acids is 1. The Labute approximate surface area is 111 Å². The van der Waals surface area contributed by atoms with Gasteiger partial charge in [0.25, 0.3) is 11.7 Å². The highest BCUT2D eigenvalue weighted by Crippen LogP contribution is 2.40. The quantitative estimate of drug-likeness (QED) is 0.461. The van der Waals surface area contributed by atoms with E-state index in [-0.39, 0.29) is 5.33 Å². The van der Waals surface area contributed by atoms with Crippen molar-refractivity contribution in [1.29, 1.82) is 0 Å². The lowest BCUT2D eigenvalue weighted by molar-refractivity contribution is -0.140. The number of hydrogen-bond donors (Lipinski definition) is 0. The summed E-state index contributed by atoms with van der Waals surface area (Å²) in [4.78, 5) is 14.2. The van der Waals surface area contributed by atoms with Gasteiger partial charge in [-0.25, -0.2) is 8.78 Å². The van der Waals surface area contributed by atoms with Crippen molar-refractivity contribution in [3.63, 3.8) is 0 Å². The third-order valence-corrected chi connectivity index (χ3v) is 2.77. The standard InChI is InChI=1S/C9H4BrClF5NO/c10-1-4-6(9(14,15)16)5(8(12)13)3(2-17-4)7(11)18/h2,8H,1H2. The van der Waals surface area contributed by atoms with Gasteiger partial charge in [0.1, 0.15) is 0 Å². The summed E-state index contributed by atoms with van der Waals surface area (Å²) in [5.41, 5.74) is -4.63. The summed E-state index contributed by atoms with van der Waals surface area (Å²) in [5.74, 6) is 0. The summed E-state index contributed by atoms with van der Waals surface area (Å²) in [5, 5.41) is -1.79. The molecule has 0 saturated heterocycles. The second-order valence-electron chi connectivity index (χ2n) is 3.11. The van der Waals surface area contributed by atoms with E-state index in [1.165, 1.54) is 0 Å². The smallest absolute Gasteiger partial charge is 0.276 e. The molecule has 0 amide bonds. The Morgan fingerprint density at radius 3 is 2.33 bits per heavy atom. The van der Waals surface area contributed by atoms with Gasteiger partial charge in [-0.05, 0) is 11.6 Å². The summed E-state index contributed by atoms with van der Waals surface area (Å²) < 4.78 is 63.7. The van der Waals surface area contributed by atoms with Gasteiger partial charge >= 0.3 is 6.18 Å². The highest BCUT2D eigenvalue weighted by molar-refractivity contribution is 9.08. The maximum Gasteiger partial charge on any atom is 0.418 e. The van der Waals surface area contributed by atoms with Crippen LogP contribution in [0.5, 0.6) is 0 Å². The number of hydrogen-bond acceptors (Lipinski definition) is 2. The Kier molecular flexibility index (Phi) is 4.66. The zero-order valence-corrected chi connectivity index (χ0v) is 10.7. The van der Waals surface area contributed by atoms with Crippen LogP contribution in [0.1, 0.15) is 33.6 Å². The van der Waals surface area contributed by atoms with Gasteiger partial charge in [-0.1, -0.05) is 15.9 Å². The summed E-state index contributed by atoms with van der Waals surface area (Å²) in [6, 6.07) is 0. The molecule has 1 heterocycles.